The summed E-state index contributed by atoms with van der Waals surface area (Å²) in [4.78, 5) is 12.5. The Hall–Kier alpha value is -5.83. The van der Waals surface area contributed by atoms with Gasteiger partial charge in [-0.2, -0.15) is 10.2 Å². The molecule has 0 amide bonds. The Morgan fingerprint density at radius 1 is 0.535 bits per heavy atom. The summed E-state index contributed by atoms with van der Waals surface area (Å²) in [6.07, 6.45) is 0. The fourth-order valence-corrected chi connectivity index (χ4v) is 4.60. The van der Waals surface area contributed by atoms with Crippen molar-refractivity contribution in [3.63, 3.8) is 0 Å². The maximum atomic E-state index is 12.5. The molecule has 0 atom stereocenters. The van der Waals surface area contributed by atoms with Gasteiger partial charge in [-0.15, -0.1) is 15.3 Å². The summed E-state index contributed by atoms with van der Waals surface area (Å²) >= 11 is 0. The van der Waals surface area contributed by atoms with Gasteiger partial charge in [-0.25, -0.2) is 4.79 Å². The number of esters is 1. The molecule has 0 heterocycles. The van der Waals surface area contributed by atoms with Crippen molar-refractivity contribution in [2.45, 2.75) is 6.92 Å². The van der Waals surface area contributed by atoms with Gasteiger partial charge in [0.2, 0.25) is 0 Å². The van der Waals surface area contributed by atoms with Crippen LogP contribution < -0.4 is 4.74 Å². The molecule has 0 aliphatic carbocycles. The monoisotopic (exact) mass is 558 g/mol. The van der Waals surface area contributed by atoms with Crippen LogP contribution in [0.3, 0.4) is 0 Å². The van der Waals surface area contributed by atoms with Crippen molar-refractivity contribution in [1.29, 1.82) is 0 Å². The molecule has 0 spiro atoms. The second-order valence-electron chi connectivity index (χ2n) is 9.66. The van der Waals surface area contributed by atoms with E-state index in [0.29, 0.717) is 39.7 Å². The molecule has 0 saturated heterocycles. The quantitative estimate of drug-likeness (QED) is 0.0842. The number of azo groups is 2. The first kappa shape index (κ1) is 27.3. The summed E-state index contributed by atoms with van der Waals surface area (Å²) in [7, 11) is 5.27. The van der Waals surface area contributed by atoms with Gasteiger partial charge in [-0.1, -0.05) is 66.2 Å². The van der Waals surface area contributed by atoms with E-state index >= 15 is 0 Å². The summed E-state index contributed by atoms with van der Waals surface area (Å²) in [5.74, 6) is 0.0587. The van der Waals surface area contributed by atoms with Gasteiger partial charge in [0.05, 0.1) is 34.0 Å². The summed E-state index contributed by atoms with van der Waals surface area (Å²) in [6, 6.07) is 37.1. The average Bonchev–Trinajstić information content (AvgIpc) is 3.05. The second-order valence-corrected chi connectivity index (χ2v) is 9.66. The number of nitrogens with zero attached hydrogens (tertiary/aromatic N) is 6. The largest absolute Gasteiger partial charge is 0.423 e. The molecular weight excluding hydrogens is 535 g/mol. The van der Waals surface area contributed by atoms with Gasteiger partial charge in [0.25, 0.3) is 7.98 Å². The van der Waals surface area contributed by atoms with Crippen molar-refractivity contribution < 1.29 is 9.53 Å². The van der Waals surface area contributed by atoms with Crippen LogP contribution in [0.4, 0.5) is 28.4 Å². The van der Waals surface area contributed by atoms with Gasteiger partial charge in [0.1, 0.15) is 5.75 Å². The Bertz CT molecular complexity index is 2040. The van der Waals surface area contributed by atoms with Crippen molar-refractivity contribution in [2.24, 2.45) is 30.6 Å². The van der Waals surface area contributed by atoms with Crippen LogP contribution in [0.5, 0.6) is 5.75 Å². The highest BCUT2D eigenvalue weighted by Gasteiger charge is 2.10. The SMILES string of the molecule is [B]N=Nc1ccc(N=Nc2ccc(N=Nc3ccc(C(=O)Oc4ccc(C)cc4)cc3)c3ccccc23)c2ccccc12. The maximum Gasteiger partial charge on any atom is 0.343 e. The van der Waals surface area contributed by atoms with Crippen LogP contribution in [0.2, 0.25) is 0 Å². The van der Waals surface area contributed by atoms with Crippen molar-refractivity contribution >= 4 is 63.9 Å². The van der Waals surface area contributed by atoms with Gasteiger partial charge in [0.15, 0.2) is 0 Å². The van der Waals surface area contributed by atoms with Crippen LogP contribution >= 0.6 is 0 Å². The van der Waals surface area contributed by atoms with Crippen molar-refractivity contribution in [1.82, 2.24) is 0 Å². The zero-order valence-corrected chi connectivity index (χ0v) is 23.1. The number of ether oxygens (including phenoxy) is 1. The van der Waals surface area contributed by atoms with Crippen LogP contribution in [0, 0.1) is 6.92 Å². The number of fused-ring (bicyclic) bond motifs is 2. The molecule has 6 rings (SSSR count). The van der Waals surface area contributed by atoms with Crippen LogP contribution in [0.1, 0.15) is 15.9 Å². The number of benzene rings is 6. The van der Waals surface area contributed by atoms with E-state index in [9.17, 15) is 4.79 Å². The van der Waals surface area contributed by atoms with E-state index in [2.05, 4.69) is 30.6 Å². The first-order valence-electron chi connectivity index (χ1n) is 13.5. The zero-order valence-electron chi connectivity index (χ0n) is 23.1. The zero-order chi connectivity index (χ0) is 29.6. The van der Waals surface area contributed by atoms with Gasteiger partial charge in [-0.05, 0) is 67.6 Å². The molecule has 43 heavy (non-hydrogen) atoms. The highest BCUT2D eigenvalue weighted by molar-refractivity contribution is 6.05. The highest BCUT2D eigenvalue weighted by Crippen LogP contribution is 2.37. The number of hydrogen-bond donors (Lipinski definition) is 0. The third kappa shape index (κ3) is 6.11. The summed E-state index contributed by atoms with van der Waals surface area (Å²) in [6.45, 7) is 1.98. The van der Waals surface area contributed by atoms with E-state index in [-0.39, 0.29) is 0 Å². The van der Waals surface area contributed by atoms with E-state index < -0.39 is 5.97 Å². The van der Waals surface area contributed by atoms with Crippen LogP contribution in [0.15, 0.2) is 152 Å². The minimum atomic E-state index is -0.437. The number of carbonyl (C=O) groups is 1. The molecule has 6 aromatic rings. The molecule has 0 fully saturated rings. The van der Waals surface area contributed by atoms with Gasteiger partial charge in [-0.3, -0.25) is 5.03 Å². The molecule has 6 aromatic carbocycles. The molecule has 0 aliphatic rings. The van der Waals surface area contributed by atoms with Crippen LogP contribution in [-0.2, 0) is 0 Å². The van der Waals surface area contributed by atoms with Crippen molar-refractivity contribution in [3.8, 4) is 5.75 Å². The molecule has 0 aliphatic heterocycles. The number of carbonyl (C=O) groups excluding carboxylic acids is 1. The summed E-state index contributed by atoms with van der Waals surface area (Å²) < 4.78 is 5.45. The Balaban J connectivity index is 1.23. The minimum absolute atomic E-state index is 0.422. The number of rotatable bonds is 7. The molecule has 2 radical (unpaired) electrons. The number of aryl methyl sites for hydroxylation is 1. The van der Waals surface area contributed by atoms with Crippen LogP contribution in [0.25, 0.3) is 21.5 Å². The molecule has 0 unspecified atom stereocenters. The number of hydrogen-bond acceptors (Lipinski definition) is 8. The molecule has 0 bridgehead atoms. The normalized spacial score (nSPS) is 11.7. The Kier molecular flexibility index (Phi) is 7.86. The molecule has 204 valence electrons. The first-order valence-corrected chi connectivity index (χ1v) is 13.5. The van der Waals surface area contributed by atoms with Crippen molar-refractivity contribution in [2.75, 3.05) is 0 Å². The van der Waals surface area contributed by atoms with Gasteiger partial charge in [0, 0.05) is 21.5 Å². The van der Waals surface area contributed by atoms with E-state index in [0.717, 1.165) is 27.1 Å². The predicted octanol–water partition coefficient (Wildman–Crippen LogP) is 10.5. The highest BCUT2D eigenvalue weighted by atomic mass is 16.5. The maximum absolute atomic E-state index is 12.5. The van der Waals surface area contributed by atoms with Gasteiger partial charge >= 0.3 is 5.97 Å². The lowest BCUT2D eigenvalue weighted by Gasteiger charge is -2.06. The fraction of sp³-hybridized carbons (Fsp3) is 0.0294. The first-order chi connectivity index (χ1) is 21.1. The lowest BCUT2D eigenvalue weighted by Crippen LogP contribution is -2.07. The second kappa shape index (κ2) is 12.4. The van der Waals surface area contributed by atoms with Gasteiger partial charge < -0.3 is 4.74 Å². The molecule has 0 aromatic heterocycles. The predicted molar refractivity (Wildman–Crippen MR) is 169 cm³/mol. The van der Waals surface area contributed by atoms with E-state index in [1.165, 1.54) is 0 Å². The molecular formula is C34H23BN6O2. The van der Waals surface area contributed by atoms with E-state index in [1.54, 1.807) is 36.4 Å². The van der Waals surface area contributed by atoms with Crippen LogP contribution in [-0.4, -0.2) is 14.0 Å². The van der Waals surface area contributed by atoms with E-state index in [1.807, 2.05) is 91.9 Å². The lowest BCUT2D eigenvalue weighted by atomic mass is 10.1. The van der Waals surface area contributed by atoms with E-state index in [4.69, 9.17) is 12.7 Å². The Morgan fingerprint density at radius 3 is 1.44 bits per heavy atom. The summed E-state index contributed by atoms with van der Waals surface area (Å²) in [5.41, 5.74) is 4.85. The Labute approximate surface area is 248 Å². The smallest absolute Gasteiger partial charge is 0.343 e. The molecule has 0 N–H and O–H groups in total. The summed E-state index contributed by atoms with van der Waals surface area (Å²) in [5, 5.41) is 29.0. The molecule has 8 nitrogen and oxygen atoms in total. The Morgan fingerprint density at radius 2 is 0.977 bits per heavy atom. The molecule has 0 saturated carbocycles. The fourth-order valence-electron chi connectivity index (χ4n) is 4.60. The molecule has 9 heteroatoms. The van der Waals surface area contributed by atoms with Crippen molar-refractivity contribution in [3.05, 3.63) is 132 Å². The average molecular weight is 558 g/mol. The topological polar surface area (TPSA) is 100 Å². The third-order valence-electron chi connectivity index (χ3n) is 6.79. The standard InChI is InChI=1S/C34H23BN6O2/c1-22-10-16-25(17-11-22)43-34(42)23-12-14-24(15-13-23)36-37-30-18-19-31(27-7-3-2-6-26(27)30)38-39-32-20-21-33(40-41-35)29-9-5-4-8-28(29)32/h2-21H,1H3. The lowest BCUT2D eigenvalue weighted by molar-refractivity contribution is 0.0734. The minimum Gasteiger partial charge on any atom is -0.423 e. The third-order valence-corrected chi connectivity index (χ3v) is 6.79.